The molecule has 1 heterocycles. The third-order valence-electron chi connectivity index (χ3n) is 1.63. The highest BCUT2D eigenvalue weighted by Crippen LogP contribution is 2.01. The smallest absolute Gasteiger partial charge is 0.191 e. The van der Waals surface area contributed by atoms with Gasteiger partial charge in [0.25, 0.3) is 0 Å². The standard InChI is InChI=1S/C8H8BN3/c9-8-10-6-12(11-8)7-4-2-1-3-5-7/h1-6H,9H2. The quantitative estimate of drug-likeness (QED) is 0.523. The predicted octanol–water partition coefficient (Wildman–Crippen LogP) is -0.474. The van der Waals surface area contributed by atoms with Gasteiger partial charge in [0.2, 0.25) is 0 Å². The minimum Gasteiger partial charge on any atom is -0.231 e. The normalized spacial score (nSPS) is 10.0. The molecule has 0 fully saturated rings. The molecule has 0 aliphatic heterocycles. The molecule has 12 heavy (non-hydrogen) atoms. The summed E-state index contributed by atoms with van der Waals surface area (Å²) in [5.74, 6) is 0. The molecule has 0 atom stereocenters. The van der Waals surface area contributed by atoms with Crippen LogP contribution in [0.5, 0.6) is 0 Å². The van der Waals surface area contributed by atoms with Crippen molar-refractivity contribution in [2.45, 2.75) is 0 Å². The van der Waals surface area contributed by atoms with Gasteiger partial charge < -0.3 is 0 Å². The van der Waals surface area contributed by atoms with E-state index in [0.29, 0.717) is 0 Å². The van der Waals surface area contributed by atoms with Gasteiger partial charge in [0.15, 0.2) is 7.85 Å². The molecule has 3 nitrogen and oxygen atoms in total. The summed E-state index contributed by atoms with van der Waals surface area (Å²) in [7, 11) is 1.87. The number of aromatic nitrogens is 3. The van der Waals surface area contributed by atoms with Crippen molar-refractivity contribution in [1.82, 2.24) is 14.8 Å². The van der Waals surface area contributed by atoms with Crippen LogP contribution in [0.4, 0.5) is 0 Å². The van der Waals surface area contributed by atoms with E-state index in [4.69, 9.17) is 0 Å². The van der Waals surface area contributed by atoms with Crippen molar-refractivity contribution >= 4 is 13.6 Å². The number of benzene rings is 1. The maximum atomic E-state index is 4.19. The molecule has 4 heteroatoms. The van der Waals surface area contributed by atoms with Crippen LogP contribution in [0, 0.1) is 0 Å². The van der Waals surface area contributed by atoms with Gasteiger partial charge in [-0.25, -0.2) is 9.67 Å². The maximum Gasteiger partial charge on any atom is 0.191 e. The van der Waals surface area contributed by atoms with Crippen LogP contribution in [0.25, 0.3) is 5.69 Å². The second kappa shape index (κ2) is 2.81. The molecule has 0 spiro atoms. The average Bonchev–Trinajstić information content (AvgIpc) is 2.54. The van der Waals surface area contributed by atoms with Gasteiger partial charge in [-0.3, -0.25) is 0 Å². The Kier molecular flexibility index (Phi) is 1.66. The molecule has 2 rings (SSSR count). The summed E-state index contributed by atoms with van der Waals surface area (Å²) >= 11 is 0. The summed E-state index contributed by atoms with van der Waals surface area (Å²) in [6, 6.07) is 9.92. The topological polar surface area (TPSA) is 30.7 Å². The molecule has 0 unspecified atom stereocenters. The van der Waals surface area contributed by atoms with E-state index in [1.807, 2.05) is 38.2 Å². The van der Waals surface area contributed by atoms with Crippen LogP contribution in [0.1, 0.15) is 0 Å². The Labute approximate surface area is 71.5 Å². The molecule has 0 aliphatic carbocycles. The molecule has 0 N–H and O–H groups in total. The Bertz CT molecular complexity index is 369. The fraction of sp³-hybridized carbons (Fsp3) is 0. The Morgan fingerprint density at radius 2 is 1.92 bits per heavy atom. The molecule has 2 aromatic rings. The molecule has 0 saturated heterocycles. The number of para-hydroxylation sites is 1. The molecule has 0 aliphatic rings. The van der Waals surface area contributed by atoms with Crippen LogP contribution >= 0.6 is 0 Å². The fourth-order valence-corrected chi connectivity index (χ4v) is 1.05. The third-order valence-corrected chi connectivity index (χ3v) is 1.63. The van der Waals surface area contributed by atoms with Crippen LogP contribution in [0.15, 0.2) is 36.7 Å². The van der Waals surface area contributed by atoms with E-state index in [2.05, 4.69) is 10.1 Å². The lowest BCUT2D eigenvalue weighted by Gasteiger charge is -1.97. The first kappa shape index (κ1) is 7.09. The van der Waals surface area contributed by atoms with Gasteiger partial charge in [-0.2, -0.15) is 5.10 Å². The number of hydrogen-bond acceptors (Lipinski definition) is 2. The van der Waals surface area contributed by atoms with E-state index in [0.717, 1.165) is 11.4 Å². The van der Waals surface area contributed by atoms with Crippen molar-refractivity contribution < 1.29 is 0 Å². The number of rotatable bonds is 1. The van der Waals surface area contributed by atoms with Gasteiger partial charge in [0.1, 0.15) is 12.1 Å². The van der Waals surface area contributed by atoms with Crippen molar-refractivity contribution in [3.8, 4) is 5.69 Å². The molecule has 1 aromatic carbocycles. The lowest BCUT2D eigenvalue weighted by Crippen LogP contribution is -2.08. The van der Waals surface area contributed by atoms with Crippen LogP contribution in [0.2, 0.25) is 0 Å². The van der Waals surface area contributed by atoms with Crippen molar-refractivity contribution in [3.05, 3.63) is 36.7 Å². The molecule has 0 bridgehead atoms. The van der Waals surface area contributed by atoms with E-state index in [1.165, 1.54) is 0 Å². The fourth-order valence-electron chi connectivity index (χ4n) is 1.05. The lowest BCUT2D eigenvalue weighted by atomic mass is 10.1. The summed E-state index contributed by atoms with van der Waals surface area (Å²) in [4.78, 5) is 4.04. The average molecular weight is 157 g/mol. The highest BCUT2D eigenvalue weighted by atomic mass is 15.3. The zero-order chi connectivity index (χ0) is 8.39. The summed E-state index contributed by atoms with van der Waals surface area (Å²) in [6.45, 7) is 0. The summed E-state index contributed by atoms with van der Waals surface area (Å²) in [5, 5.41) is 4.19. The van der Waals surface area contributed by atoms with Crippen LogP contribution in [-0.4, -0.2) is 22.6 Å². The van der Waals surface area contributed by atoms with Gasteiger partial charge in [-0.05, 0) is 12.1 Å². The minimum absolute atomic E-state index is 0.791. The van der Waals surface area contributed by atoms with E-state index in [9.17, 15) is 0 Å². The lowest BCUT2D eigenvalue weighted by molar-refractivity contribution is 0.888. The van der Waals surface area contributed by atoms with Crippen LogP contribution < -0.4 is 5.72 Å². The molecular formula is C8H8BN3. The summed E-state index contributed by atoms with van der Waals surface area (Å²) in [6.07, 6.45) is 1.71. The van der Waals surface area contributed by atoms with Gasteiger partial charge in [0, 0.05) is 0 Å². The minimum atomic E-state index is 0.791. The highest BCUT2D eigenvalue weighted by Gasteiger charge is 1.95. The molecule has 0 radical (unpaired) electrons. The predicted molar refractivity (Wildman–Crippen MR) is 49.5 cm³/mol. The Morgan fingerprint density at radius 1 is 1.17 bits per heavy atom. The van der Waals surface area contributed by atoms with E-state index in [-0.39, 0.29) is 0 Å². The van der Waals surface area contributed by atoms with E-state index >= 15 is 0 Å². The largest absolute Gasteiger partial charge is 0.231 e. The molecule has 58 valence electrons. The van der Waals surface area contributed by atoms with Crippen LogP contribution in [0.3, 0.4) is 0 Å². The molecule has 0 amide bonds. The zero-order valence-corrected chi connectivity index (χ0v) is 6.81. The monoisotopic (exact) mass is 157 g/mol. The second-order valence-electron chi connectivity index (χ2n) is 2.57. The van der Waals surface area contributed by atoms with Crippen molar-refractivity contribution in [2.24, 2.45) is 0 Å². The van der Waals surface area contributed by atoms with Gasteiger partial charge in [-0.15, -0.1) is 0 Å². The second-order valence-corrected chi connectivity index (χ2v) is 2.57. The maximum absolute atomic E-state index is 4.19. The number of nitrogens with zero attached hydrogens (tertiary/aromatic N) is 3. The SMILES string of the molecule is Bc1ncn(-c2ccccc2)n1. The molecular weight excluding hydrogens is 149 g/mol. The summed E-state index contributed by atoms with van der Waals surface area (Å²) < 4.78 is 1.76. The zero-order valence-electron chi connectivity index (χ0n) is 6.81. The van der Waals surface area contributed by atoms with E-state index in [1.54, 1.807) is 11.0 Å². The molecule has 1 aromatic heterocycles. The molecule has 0 saturated carbocycles. The third kappa shape index (κ3) is 1.23. The van der Waals surface area contributed by atoms with Gasteiger partial charge in [-0.1, -0.05) is 18.2 Å². The van der Waals surface area contributed by atoms with Crippen LogP contribution in [-0.2, 0) is 0 Å². The number of hydrogen-bond donors (Lipinski definition) is 0. The van der Waals surface area contributed by atoms with Crippen molar-refractivity contribution in [1.29, 1.82) is 0 Å². The van der Waals surface area contributed by atoms with Crippen molar-refractivity contribution in [2.75, 3.05) is 0 Å². The first-order valence-electron chi connectivity index (χ1n) is 3.80. The van der Waals surface area contributed by atoms with Gasteiger partial charge in [0.05, 0.1) is 5.69 Å². The Hall–Kier alpha value is -1.58. The highest BCUT2D eigenvalue weighted by molar-refractivity contribution is 6.28. The van der Waals surface area contributed by atoms with E-state index < -0.39 is 0 Å². The first-order chi connectivity index (χ1) is 5.86. The van der Waals surface area contributed by atoms with Gasteiger partial charge >= 0.3 is 0 Å². The Morgan fingerprint density at radius 3 is 2.50 bits per heavy atom. The Balaban J connectivity index is 2.45. The summed E-state index contributed by atoms with van der Waals surface area (Å²) in [5.41, 5.74) is 1.83. The van der Waals surface area contributed by atoms with Crippen molar-refractivity contribution in [3.63, 3.8) is 0 Å². The first-order valence-corrected chi connectivity index (χ1v) is 3.80.